The van der Waals surface area contributed by atoms with Crippen molar-refractivity contribution in [2.45, 2.75) is 19.3 Å². The lowest BCUT2D eigenvalue weighted by Crippen LogP contribution is -2.01. The molecule has 72 valence electrons. The molecule has 0 atom stereocenters. The molecule has 1 fully saturated rings. The molecule has 0 amide bonds. The predicted molar refractivity (Wildman–Crippen MR) is 55.7 cm³/mol. The van der Waals surface area contributed by atoms with Gasteiger partial charge in [0.2, 0.25) is 0 Å². The summed E-state index contributed by atoms with van der Waals surface area (Å²) in [5.41, 5.74) is 3.40. The van der Waals surface area contributed by atoms with Gasteiger partial charge in [-0.2, -0.15) is 0 Å². The number of carbonyl (C=O) groups is 1. The smallest absolute Gasteiger partial charge is 0.166 e. The molecule has 3 rings (SSSR count). The van der Waals surface area contributed by atoms with Gasteiger partial charge in [-0.3, -0.25) is 4.79 Å². The van der Waals surface area contributed by atoms with Gasteiger partial charge in [0.1, 0.15) is 0 Å². The van der Waals surface area contributed by atoms with Crippen molar-refractivity contribution in [3.05, 3.63) is 29.3 Å². The molecule has 0 spiro atoms. The second-order valence-electron chi connectivity index (χ2n) is 4.19. The summed E-state index contributed by atoms with van der Waals surface area (Å²) in [6, 6.07) is 6.08. The Hall–Kier alpha value is -1.31. The Bertz CT molecular complexity index is 393. The van der Waals surface area contributed by atoms with Crippen molar-refractivity contribution < 1.29 is 4.79 Å². The van der Waals surface area contributed by atoms with Crippen LogP contribution in [-0.2, 0) is 6.42 Å². The van der Waals surface area contributed by atoms with Gasteiger partial charge in [-0.05, 0) is 30.9 Å². The summed E-state index contributed by atoms with van der Waals surface area (Å²) in [5, 5.41) is 3.30. The van der Waals surface area contributed by atoms with Crippen molar-refractivity contribution in [1.29, 1.82) is 0 Å². The standard InChI is InChI=1S/C12H13NO/c14-12(9-2-3-9)10-4-1-8-5-6-13-11(8)7-10/h1,4,7,9,13H,2-3,5-6H2. The Balaban J connectivity index is 1.95. The van der Waals surface area contributed by atoms with E-state index in [9.17, 15) is 4.79 Å². The van der Waals surface area contributed by atoms with Crippen LogP contribution in [0.4, 0.5) is 5.69 Å². The molecule has 0 bridgehead atoms. The highest BCUT2D eigenvalue weighted by molar-refractivity contribution is 6.00. The number of nitrogens with one attached hydrogen (secondary N) is 1. The summed E-state index contributed by atoms with van der Waals surface area (Å²) >= 11 is 0. The zero-order chi connectivity index (χ0) is 9.54. The molecule has 1 saturated carbocycles. The first kappa shape index (κ1) is 8.04. The van der Waals surface area contributed by atoms with Crippen molar-refractivity contribution >= 4 is 11.5 Å². The lowest BCUT2D eigenvalue weighted by molar-refractivity contribution is 0.0967. The molecule has 1 aliphatic carbocycles. The molecule has 1 aliphatic heterocycles. The topological polar surface area (TPSA) is 29.1 Å². The van der Waals surface area contributed by atoms with Crippen LogP contribution in [0.3, 0.4) is 0 Å². The highest BCUT2D eigenvalue weighted by Gasteiger charge is 2.30. The molecule has 1 aromatic carbocycles. The molecule has 2 nitrogen and oxygen atoms in total. The number of rotatable bonds is 2. The molecule has 14 heavy (non-hydrogen) atoms. The van der Waals surface area contributed by atoms with Crippen molar-refractivity contribution in [2.24, 2.45) is 5.92 Å². The molecule has 0 unspecified atom stereocenters. The Morgan fingerprint density at radius 2 is 2.21 bits per heavy atom. The predicted octanol–water partition coefficient (Wildman–Crippen LogP) is 2.25. The number of anilines is 1. The Kier molecular flexibility index (Phi) is 1.63. The number of Topliss-reactive ketones (excluding diaryl/α,β-unsaturated/α-hetero) is 1. The summed E-state index contributed by atoms with van der Waals surface area (Å²) in [4.78, 5) is 11.8. The van der Waals surface area contributed by atoms with Crippen molar-refractivity contribution in [3.8, 4) is 0 Å². The van der Waals surface area contributed by atoms with E-state index in [1.807, 2.05) is 12.1 Å². The van der Waals surface area contributed by atoms with Crippen LogP contribution in [0.15, 0.2) is 18.2 Å². The van der Waals surface area contributed by atoms with Gasteiger partial charge in [0.05, 0.1) is 0 Å². The lowest BCUT2D eigenvalue weighted by Gasteiger charge is -2.03. The minimum Gasteiger partial charge on any atom is -0.384 e. The highest BCUT2D eigenvalue weighted by Crippen LogP contribution is 2.34. The first-order chi connectivity index (χ1) is 6.84. The maximum Gasteiger partial charge on any atom is 0.166 e. The number of ketones is 1. The molecular weight excluding hydrogens is 174 g/mol. The quantitative estimate of drug-likeness (QED) is 0.719. The van der Waals surface area contributed by atoms with Gasteiger partial charge in [0, 0.05) is 23.7 Å². The van der Waals surface area contributed by atoms with Crippen molar-refractivity contribution in [3.63, 3.8) is 0 Å². The normalized spacial score (nSPS) is 18.9. The summed E-state index contributed by atoms with van der Waals surface area (Å²) in [7, 11) is 0. The van der Waals surface area contributed by atoms with E-state index in [2.05, 4.69) is 11.4 Å². The molecule has 0 radical (unpaired) electrons. The van der Waals surface area contributed by atoms with Gasteiger partial charge in [-0.15, -0.1) is 0 Å². The fourth-order valence-electron chi connectivity index (χ4n) is 2.03. The van der Waals surface area contributed by atoms with Gasteiger partial charge < -0.3 is 5.32 Å². The Labute approximate surface area is 83.3 Å². The third-order valence-corrected chi connectivity index (χ3v) is 3.05. The second-order valence-corrected chi connectivity index (χ2v) is 4.19. The van der Waals surface area contributed by atoms with Crippen LogP contribution in [0.1, 0.15) is 28.8 Å². The van der Waals surface area contributed by atoms with Crippen LogP contribution in [0.5, 0.6) is 0 Å². The molecule has 1 aromatic rings. The van der Waals surface area contributed by atoms with E-state index in [-0.39, 0.29) is 0 Å². The largest absolute Gasteiger partial charge is 0.384 e. The minimum absolute atomic E-state index is 0.328. The van der Waals surface area contributed by atoms with E-state index in [1.54, 1.807) is 0 Å². The van der Waals surface area contributed by atoms with Gasteiger partial charge in [0.15, 0.2) is 5.78 Å². The van der Waals surface area contributed by atoms with Crippen LogP contribution >= 0.6 is 0 Å². The zero-order valence-electron chi connectivity index (χ0n) is 8.05. The van der Waals surface area contributed by atoms with Crippen LogP contribution in [-0.4, -0.2) is 12.3 Å². The molecular formula is C12H13NO. The van der Waals surface area contributed by atoms with Gasteiger partial charge >= 0.3 is 0 Å². The third kappa shape index (κ3) is 1.22. The fraction of sp³-hybridized carbons (Fsp3) is 0.417. The first-order valence-corrected chi connectivity index (χ1v) is 5.25. The Morgan fingerprint density at radius 1 is 1.36 bits per heavy atom. The van der Waals surface area contributed by atoms with E-state index in [1.165, 1.54) is 5.56 Å². The average Bonchev–Trinajstić information content (AvgIpc) is 2.95. The van der Waals surface area contributed by atoms with Gasteiger partial charge in [-0.25, -0.2) is 0 Å². The minimum atomic E-state index is 0.328. The van der Waals surface area contributed by atoms with Crippen LogP contribution < -0.4 is 5.32 Å². The average molecular weight is 187 g/mol. The molecule has 1 N–H and O–H groups in total. The summed E-state index contributed by atoms with van der Waals surface area (Å²) in [5.74, 6) is 0.663. The lowest BCUT2D eigenvalue weighted by atomic mass is 10.0. The second kappa shape index (κ2) is 2.84. The number of benzene rings is 1. The molecule has 2 aliphatic rings. The third-order valence-electron chi connectivity index (χ3n) is 3.05. The molecule has 0 saturated heterocycles. The summed E-state index contributed by atoms with van der Waals surface area (Å²) in [6.45, 7) is 1.01. The summed E-state index contributed by atoms with van der Waals surface area (Å²) in [6.07, 6.45) is 3.26. The number of carbonyl (C=O) groups excluding carboxylic acids is 1. The highest BCUT2D eigenvalue weighted by atomic mass is 16.1. The SMILES string of the molecule is O=C(c1ccc2c(c1)NCC2)C1CC1. The summed E-state index contributed by atoms with van der Waals surface area (Å²) < 4.78 is 0. The monoisotopic (exact) mass is 187 g/mol. The molecule has 0 aromatic heterocycles. The first-order valence-electron chi connectivity index (χ1n) is 5.25. The van der Waals surface area contributed by atoms with Crippen molar-refractivity contribution in [1.82, 2.24) is 0 Å². The van der Waals surface area contributed by atoms with Crippen LogP contribution in [0.25, 0.3) is 0 Å². The maximum absolute atomic E-state index is 11.8. The fourth-order valence-corrected chi connectivity index (χ4v) is 2.03. The molecule has 1 heterocycles. The van der Waals surface area contributed by atoms with E-state index in [0.717, 1.165) is 37.1 Å². The maximum atomic E-state index is 11.8. The van der Waals surface area contributed by atoms with Gasteiger partial charge in [-0.1, -0.05) is 12.1 Å². The van der Waals surface area contributed by atoms with Crippen molar-refractivity contribution in [2.75, 3.05) is 11.9 Å². The zero-order valence-corrected chi connectivity index (χ0v) is 8.05. The Morgan fingerprint density at radius 3 is 3.00 bits per heavy atom. The van der Waals surface area contributed by atoms with E-state index in [0.29, 0.717) is 11.7 Å². The molecule has 2 heteroatoms. The van der Waals surface area contributed by atoms with Crippen LogP contribution in [0, 0.1) is 5.92 Å². The van der Waals surface area contributed by atoms with E-state index < -0.39 is 0 Å². The number of fused-ring (bicyclic) bond motifs is 1. The van der Waals surface area contributed by atoms with Gasteiger partial charge in [0.25, 0.3) is 0 Å². The van der Waals surface area contributed by atoms with E-state index >= 15 is 0 Å². The number of hydrogen-bond donors (Lipinski definition) is 1. The van der Waals surface area contributed by atoms with Crippen LogP contribution in [0.2, 0.25) is 0 Å². The number of hydrogen-bond acceptors (Lipinski definition) is 2. The van der Waals surface area contributed by atoms with E-state index in [4.69, 9.17) is 0 Å².